The van der Waals surface area contributed by atoms with Gasteiger partial charge < -0.3 is 10.4 Å². The van der Waals surface area contributed by atoms with Crippen LogP contribution in [0.1, 0.15) is 17.2 Å². The highest BCUT2D eigenvalue weighted by Gasteiger charge is 2.25. The zero-order valence-corrected chi connectivity index (χ0v) is 15.5. The van der Waals surface area contributed by atoms with Crippen molar-refractivity contribution < 1.29 is 14.3 Å². The number of hydrogen-bond acceptors (Lipinski definition) is 5. The first-order valence-electron chi connectivity index (χ1n) is 8.63. The fourth-order valence-corrected chi connectivity index (χ4v) is 3.80. The van der Waals surface area contributed by atoms with Crippen molar-refractivity contribution in [2.24, 2.45) is 4.99 Å². The summed E-state index contributed by atoms with van der Waals surface area (Å²) in [5.74, 6) is -0.798. The van der Waals surface area contributed by atoms with Crippen LogP contribution >= 0.6 is 11.8 Å². The van der Waals surface area contributed by atoms with Crippen molar-refractivity contribution in [3.05, 3.63) is 82.6 Å². The summed E-state index contributed by atoms with van der Waals surface area (Å²) >= 11 is 1.16. The van der Waals surface area contributed by atoms with Crippen LogP contribution in [0.25, 0.3) is 17.0 Å². The lowest BCUT2D eigenvalue weighted by atomic mass is 10.1. The second kappa shape index (κ2) is 7.92. The van der Waals surface area contributed by atoms with E-state index in [9.17, 15) is 14.3 Å². The van der Waals surface area contributed by atoms with Gasteiger partial charge in [-0.25, -0.2) is 4.39 Å². The van der Waals surface area contributed by atoms with Crippen LogP contribution in [0.4, 0.5) is 4.39 Å². The molecule has 140 valence electrons. The molecule has 1 aliphatic rings. The summed E-state index contributed by atoms with van der Waals surface area (Å²) in [6, 6.07) is 15.0. The number of halogens is 1. The Bertz CT molecular complexity index is 1110. The van der Waals surface area contributed by atoms with Gasteiger partial charge in [0.1, 0.15) is 5.82 Å². The summed E-state index contributed by atoms with van der Waals surface area (Å²) in [6.07, 6.45) is 3.49. The average Bonchev–Trinajstić information content (AvgIpc) is 3.05. The van der Waals surface area contributed by atoms with Crippen molar-refractivity contribution in [1.82, 2.24) is 10.3 Å². The van der Waals surface area contributed by atoms with Gasteiger partial charge >= 0.3 is 0 Å². The van der Waals surface area contributed by atoms with E-state index in [0.717, 1.165) is 28.2 Å². The Hall–Kier alpha value is -3.03. The molecule has 0 bridgehead atoms. The molecule has 4 rings (SSSR count). The van der Waals surface area contributed by atoms with Gasteiger partial charge in [0, 0.05) is 17.1 Å². The Morgan fingerprint density at radius 1 is 1.18 bits per heavy atom. The number of nitrogens with one attached hydrogen (secondary N) is 1. The molecule has 1 unspecified atom stereocenters. The molecule has 2 N–H and O–H groups in total. The molecule has 3 aromatic rings. The second-order valence-corrected chi connectivity index (χ2v) is 7.22. The number of aliphatic hydroxyl groups is 1. The van der Waals surface area contributed by atoms with E-state index in [0.29, 0.717) is 15.6 Å². The number of carbonyl (C=O) groups excluding carboxylic acids is 1. The molecule has 2 aromatic carbocycles. The summed E-state index contributed by atoms with van der Waals surface area (Å²) < 4.78 is 14.0. The highest BCUT2D eigenvalue weighted by atomic mass is 32.2. The number of nitrogens with zero attached hydrogens (tertiary/aromatic N) is 2. The third kappa shape index (κ3) is 3.81. The van der Waals surface area contributed by atoms with Crippen molar-refractivity contribution in [3.8, 4) is 0 Å². The van der Waals surface area contributed by atoms with Crippen LogP contribution < -0.4 is 5.32 Å². The Kier molecular flexibility index (Phi) is 5.18. The van der Waals surface area contributed by atoms with E-state index < -0.39 is 11.9 Å². The minimum atomic E-state index is -0.689. The van der Waals surface area contributed by atoms with Gasteiger partial charge in [-0.2, -0.15) is 4.99 Å². The summed E-state index contributed by atoms with van der Waals surface area (Å²) in [7, 11) is 0. The molecule has 28 heavy (non-hydrogen) atoms. The van der Waals surface area contributed by atoms with E-state index in [1.54, 1.807) is 30.5 Å². The lowest BCUT2D eigenvalue weighted by molar-refractivity contribution is -0.113. The van der Waals surface area contributed by atoms with Crippen LogP contribution in [0.15, 0.2) is 70.7 Å². The molecule has 0 radical (unpaired) electrons. The van der Waals surface area contributed by atoms with Crippen LogP contribution in [0.2, 0.25) is 0 Å². The van der Waals surface area contributed by atoms with Crippen molar-refractivity contribution in [2.45, 2.75) is 6.04 Å². The zero-order chi connectivity index (χ0) is 19.5. The molecule has 0 fully saturated rings. The first-order valence-corrected chi connectivity index (χ1v) is 9.45. The standard InChI is InChI=1S/C21H16FN3O2S/c22-16-6-2-1-5-15(16)18(12-26)24-21-25-20(27)19(28-21)11-13-7-8-17-14(10-13)4-3-9-23-17/h1-11,18,26H,12H2,(H,24,25,27)/b19-11-. The van der Waals surface area contributed by atoms with Crippen LogP contribution in [0, 0.1) is 5.82 Å². The fraction of sp³-hybridized carbons (Fsp3) is 0.0952. The fourth-order valence-electron chi connectivity index (χ4n) is 2.93. The molecule has 5 nitrogen and oxygen atoms in total. The molecule has 0 aliphatic carbocycles. The SMILES string of the molecule is O=C1N=C(NC(CO)c2ccccc2F)S/C1=C\c1ccc2ncccc2c1. The molecular formula is C21H16FN3O2S. The monoisotopic (exact) mass is 393 g/mol. The van der Waals surface area contributed by atoms with Gasteiger partial charge in [-0.3, -0.25) is 9.78 Å². The number of rotatable bonds is 4. The van der Waals surface area contributed by atoms with Crippen LogP contribution in [0.5, 0.6) is 0 Å². The molecule has 1 aromatic heterocycles. The van der Waals surface area contributed by atoms with Crippen LogP contribution in [-0.4, -0.2) is 27.8 Å². The number of thioether (sulfide) groups is 1. The zero-order valence-electron chi connectivity index (χ0n) is 14.7. The highest BCUT2D eigenvalue weighted by molar-refractivity contribution is 8.18. The maximum atomic E-state index is 14.0. The van der Waals surface area contributed by atoms with E-state index in [1.165, 1.54) is 6.07 Å². The van der Waals surface area contributed by atoms with Crippen molar-refractivity contribution in [2.75, 3.05) is 6.61 Å². The summed E-state index contributed by atoms with van der Waals surface area (Å²) in [4.78, 5) is 21.0. The quantitative estimate of drug-likeness (QED) is 0.662. The van der Waals surface area contributed by atoms with Crippen molar-refractivity contribution in [3.63, 3.8) is 0 Å². The van der Waals surface area contributed by atoms with E-state index >= 15 is 0 Å². The molecule has 0 saturated carbocycles. The Balaban J connectivity index is 1.53. The van der Waals surface area contributed by atoms with E-state index in [1.807, 2.05) is 30.3 Å². The number of fused-ring (bicyclic) bond motifs is 1. The number of aliphatic imine (C=N–C) groups is 1. The van der Waals surface area contributed by atoms with Gasteiger partial charge in [0.05, 0.1) is 23.1 Å². The number of amidine groups is 1. The first-order chi connectivity index (χ1) is 13.6. The third-order valence-electron chi connectivity index (χ3n) is 4.31. The molecule has 1 amide bonds. The number of hydrogen-bond donors (Lipinski definition) is 2. The van der Waals surface area contributed by atoms with Gasteiger partial charge in [-0.15, -0.1) is 0 Å². The minimum Gasteiger partial charge on any atom is -0.394 e. The highest BCUT2D eigenvalue weighted by Crippen LogP contribution is 2.30. The molecule has 0 spiro atoms. The minimum absolute atomic E-state index is 0.320. The Morgan fingerprint density at radius 3 is 2.86 bits per heavy atom. The number of aliphatic hydroxyl groups excluding tert-OH is 1. The van der Waals surface area contributed by atoms with E-state index in [2.05, 4.69) is 15.3 Å². The molecule has 1 aliphatic heterocycles. The molecular weight excluding hydrogens is 377 g/mol. The van der Waals surface area contributed by atoms with Gasteiger partial charge in [-0.1, -0.05) is 30.3 Å². The number of aromatic nitrogens is 1. The Morgan fingerprint density at radius 2 is 2.04 bits per heavy atom. The largest absolute Gasteiger partial charge is 0.394 e. The summed E-state index contributed by atoms with van der Waals surface area (Å²) in [6.45, 7) is -0.328. The molecule has 1 atom stereocenters. The maximum Gasteiger partial charge on any atom is 0.286 e. The number of pyridine rings is 1. The topological polar surface area (TPSA) is 74.6 Å². The summed E-state index contributed by atoms with van der Waals surface area (Å²) in [5.41, 5.74) is 2.06. The maximum absolute atomic E-state index is 14.0. The van der Waals surface area contributed by atoms with E-state index in [4.69, 9.17) is 0 Å². The number of benzene rings is 2. The number of amides is 1. The van der Waals surface area contributed by atoms with Crippen molar-refractivity contribution in [1.29, 1.82) is 0 Å². The summed E-state index contributed by atoms with van der Waals surface area (Å²) in [5, 5.41) is 13.9. The predicted molar refractivity (Wildman–Crippen MR) is 109 cm³/mol. The van der Waals surface area contributed by atoms with Gasteiger partial charge in [-0.05, 0) is 47.7 Å². The van der Waals surface area contributed by atoms with Crippen molar-refractivity contribution >= 4 is 39.8 Å². The van der Waals surface area contributed by atoms with Crippen LogP contribution in [0.3, 0.4) is 0 Å². The predicted octanol–water partition coefficient (Wildman–Crippen LogP) is 3.67. The average molecular weight is 393 g/mol. The third-order valence-corrected chi connectivity index (χ3v) is 5.22. The lowest BCUT2D eigenvalue weighted by Crippen LogP contribution is -2.28. The smallest absolute Gasteiger partial charge is 0.286 e. The molecule has 2 heterocycles. The molecule has 0 saturated heterocycles. The van der Waals surface area contributed by atoms with Gasteiger partial charge in [0.2, 0.25) is 0 Å². The van der Waals surface area contributed by atoms with Gasteiger partial charge in [0.25, 0.3) is 5.91 Å². The Labute approximate surface area is 165 Å². The van der Waals surface area contributed by atoms with Gasteiger partial charge in [0.15, 0.2) is 5.17 Å². The van der Waals surface area contributed by atoms with E-state index in [-0.39, 0.29) is 12.5 Å². The first kappa shape index (κ1) is 18.3. The normalized spacial score (nSPS) is 16.4. The molecule has 7 heteroatoms. The lowest BCUT2D eigenvalue weighted by Gasteiger charge is -2.17. The van der Waals surface area contributed by atoms with Crippen LogP contribution in [-0.2, 0) is 4.79 Å². The number of carbonyl (C=O) groups is 1. The second-order valence-electron chi connectivity index (χ2n) is 6.19.